The lowest BCUT2D eigenvalue weighted by molar-refractivity contribution is 0.704. The molecule has 0 atom stereocenters. The number of hydrogen-bond acceptors (Lipinski definition) is 4. The maximum atomic E-state index is 12.6. The molecule has 0 unspecified atom stereocenters. The topological polar surface area (TPSA) is 47.2 Å². The van der Waals surface area contributed by atoms with Crippen LogP contribution in [0.4, 0.5) is 0 Å². The minimum Gasteiger partial charge on any atom is -0.267 e. The number of hydrogen-bond donors (Lipinski definition) is 0. The Morgan fingerprint density at radius 3 is 2.95 bits per heavy atom. The van der Waals surface area contributed by atoms with E-state index in [0.717, 1.165) is 23.9 Å². The molecule has 0 bridgehead atoms. The van der Waals surface area contributed by atoms with Gasteiger partial charge in [0.1, 0.15) is 5.82 Å². The molecule has 0 fully saturated rings. The van der Waals surface area contributed by atoms with Gasteiger partial charge in [0.15, 0.2) is 0 Å². The summed E-state index contributed by atoms with van der Waals surface area (Å²) in [6, 6.07) is 9.36. The van der Waals surface area contributed by atoms with Crippen LogP contribution in [0.3, 0.4) is 0 Å². The summed E-state index contributed by atoms with van der Waals surface area (Å²) in [6.45, 7) is 2.06. The van der Waals surface area contributed by atoms with Crippen molar-refractivity contribution < 1.29 is 0 Å². The average Bonchev–Trinajstić information content (AvgIpc) is 3.01. The van der Waals surface area contributed by atoms with Crippen LogP contribution in [0.25, 0.3) is 10.9 Å². The predicted octanol–water partition coefficient (Wildman–Crippen LogP) is 3.29. The lowest BCUT2D eigenvalue weighted by Crippen LogP contribution is -2.22. The van der Waals surface area contributed by atoms with Crippen molar-refractivity contribution in [2.75, 3.05) is 0 Å². The second kappa shape index (κ2) is 6.01. The summed E-state index contributed by atoms with van der Waals surface area (Å²) in [4.78, 5) is 17.2. The monoisotopic (exact) mass is 297 g/mol. The predicted molar refractivity (Wildman–Crippen MR) is 87.3 cm³/mol. The first-order valence-corrected chi connectivity index (χ1v) is 7.81. The molecule has 4 nitrogen and oxygen atoms in total. The summed E-state index contributed by atoms with van der Waals surface area (Å²) in [7, 11) is 0. The van der Waals surface area contributed by atoms with Gasteiger partial charge >= 0.3 is 0 Å². The summed E-state index contributed by atoms with van der Waals surface area (Å²) in [6.07, 6.45) is 3.34. The molecule has 3 aromatic rings. The molecule has 0 radical (unpaired) electrons. The second-order valence-electron chi connectivity index (χ2n) is 4.71. The Hall–Kier alpha value is -2.27. The molecule has 1 aromatic carbocycles. The van der Waals surface area contributed by atoms with E-state index in [1.54, 1.807) is 23.6 Å². The van der Waals surface area contributed by atoms with Crippen molar-refractivity contribution in [2.45, 2.75) is 19.8 Å². The summed E-state index contributed by atoms with van der Waals surface area (Å²) in [5.74, 6) is 0.702. The van der Waals surface area contributed by atoms with Gasteiger partial charge in [-0.15, -0.1) is 0 Å². The zero-order chi connectivity index (χ0) is 14.7. The van der Waals surface area contributed by atoms with Gasteiger partial charge in [0.2, 0.25) is 0 Å². The maximum Gasteiger partial charge on any atom is 0.282 e. The van der Waals surface area contributed by atoms with Crippen molar-refractivity contribution in [2.24, 2.45) is 5.10 Å². The lowest BCUT2D eigenvalue weighted by Gasteiger charge is -2.07. The van der Waals surface area contributed by atoms with Crippen molar-refractivity contribution in [1.82, 2.24) is 9.66 Å². The van der Waals surface area contributed by atoms with Crippen molar-refractivity contribution >= 4 is 28.5 Å². The molecule has 2 aromatic heterocycles. The molecule has 0 aliphatic heterocycles. The zero-order valence-corrected chi connectivity index (χ0v) is 12.5. The minimum atomic E-state index is -0.115. The third kappa shape index (κ3) is 2.78. The van der Waals surface area contributed by atoms with E-state index in [1.807, 2.05) is 35.0 Å². The van der Waals surface area contributed by atoms with E-state index in [4.69, 9.17) is 0 Å². The van der Waals surface area contributed by atoms with E-state index in [-0.39, 0.29) is 5.56 Å². The molecule has 2 heterocycles. The highest BCUT2D eigenvalue weighted by atomic mass is 32.1. The Morgan fingerprint density at radius 1 is 1.33 bits per heavy atom. The molecule has 0 spiro atoms. The van der Waals surface area contributed by atoms with E-state index in [1.165, 1.54) is 4.68 Å². The molecule has 21 heavy (non-hydrogen) atoms. The van der Waals surface area contributed by atoms with Gasteiger partial charge in [0.05, 0.1) is 17.1 Å². The maximum absolute atomic E-state index is 12.6. The van der Waals surface area contributed by atoms with Gasteiger partial charge in [-0.2, -0.15) is 21.1 Å². The summed E-state index contributed by atoms with van der Waals surface area (Å²) < 4.78 is 1.42. The van der Waals surface area contributed by atoms with Crippen molar-refractivity contribution in [3.8, 4) is 0 Å². The number of benzene rings is 1. The number of fused-ring (bicyclic) bond motifs is 1. The highest BCUT2D eigenvalue weighted by Crippen LogP contribution is 2.09. The Morgan fingerprint density at radius 2 is 2.19 bits per heavy atom. The Kier molecular flexibility index (Phi) is 3.92. The van der Waals surface area contributed by atoms with Crippen LogP contribution < -0.4 is 5.56 Å². The average molecular weight is 297 g/mol. The number of aromatic nitrogens is 2. The molecule has 0 aliphatic rings. The van der Waals surface area contributed by atoms with E-state index >= 15 is 0 Å². The number of aryl methyl sites for hydroxylation is 1. The summed E-state index contributed by atoms with van der Waals surface area (Å²) >= 11 is 1.60. The highest BCUT2D eigenvalue weighted by molar-refractivity contribution is 7.08. The Bertz CT molecular complexity index is 834. The fourth-order valence-corrected chi connectivity index (χ4v) is 2.76. The highest BCUT2D eigenvalue weighted by Gasteiger charge is 2.09. The van der Waals surface area contributed by atoms with E-state index < -0.39 is 0 Å². The van der Waals surface area contributed by atoms with Gasteiger partial charge in [-0.25, -0.2) is 4.98 Å². The first-order valence-electron chi connectivity index (χ1n) is 6.87. The first-order chi connectivity index (χ1) is 10.3. The van der Waals surface area contributed by atoms with Gasteiger partial charge in [0, 0.05) is 12.0 Å². The zero-order valence-electron chi connectivity index (χ0n) is 11.7. The summed E-state index contributed by atoms with van der Waals surface area (Å²) in [5.41, 5.74) is 1.60. The van der Waals surface area contributed by atoms with Gasteiger partial charge < -0.3 is 0 Å². The van der Waals surface area contributed by atoms with Crippen molar-refractivity contribution in [1.29, 1.82) is 0 Å². The number of rotatable bonds is 4. The fourth-order valence-electron chi connectivity index (χ4n) is 2.15. The van der Waals surface area contributed by atoms with Crippen LogP contribution in [0.15, 0.2) is 51.0 Å². The Labute approximate surface area is 126 Å². The van der Waals surface area contributed by atoms with E-state index in [0.29, 0.717) is 11.2 Å². The van der Waals surface area contributed by atoms with Crippen LogP contribution in [0, 0.1) is 0 Å². The van der Waals surface area contributed by atoms with Crippen LogP contribution in [-0.4, -0.2) is 15.9 Å². The SMILES string of the molecule is CCCc1nc2ccccc2c(=O)n1N=Cc1ccsc1. The van der Waals surface area contributed by atoms with Crippen molar-refractivity contribution in [3.05, 3.63) is 62.8 Å². The third-order valence-electron chi connectivity index (χ3n) is 3.16. The Balaban J connectivity index is 2.16. The van der Waals surface area contributed by atoms with E-state index in [2.05, 4.69) is 17.0 Å². The van der Waals surface area contributed by atoms with Crippen LogP contribution in [0.1, 0.15) is 24.7 Å². The molecule has 106 valence electrons. The normalized spacial score (nSPS) is 11.5. The van der Waals surface area contributed by atoms with Gasteiger partial charge in [-0.1, -0.05) is 19.1 Å². The third-order valence-corrected chi connectivity index (χ3v) is 3.86. The molecule has 0 saturated carbocycles. The van der Waals surface area contributed by atoms with Crippen molar-refractivity contribution in [3.63, 3.8) is 0 Å². The molecule has 0 aliphatic carbocycles. The standard InChI is InChI=1S/C16H15N3OS/c1-2-5-15-18-14-7-4-3-6-13(14)16(20)19(15)17-10-12-8-9-21-11-12/h3-4,6-11H,2,5H2,1H3. The van der Waals surface area contributed by atoms with Gasteiger partial charge in [-0.3, -0.25) is 4.79 Å². The van der Waals surface area contributed by atoms with Gasteiger partial charge in [-0.05, 0) is 35.4 Å². The second-order valence-corrected chi connectivity index (χ2v) is 5.49. The van der Waals surface area contributed by atoms with Crippen LogP contribution in [0.5, 0.6) is 0 Å². The largest absolute Gasteiger partial charge is 0.282 e. The molecule has 3 rings (SSSR count). The fraction of sp³-hybridized carbons (Fsp3) is 0.188. The molecular formula is C16H15N3OS. The first kappa shape index (κ1) is 13.7. The molecule has 0 amide bonds. The minimum absolute atomic E-state index is 0.115. The smallest absolute Gasteiger partial charge is 0.267 e. The van der Waals surface area contributed by atoms with Gasteiger partial charge in [0.25, 0.3) is 5.56 Å². The number of nitrogens with zero attached hydrogens (tertiary/aromatic N) is 3. The number of para-hydroxylation sites is 1. The van der Waals surface area contributed by atoms with Crippen LogP contribution in [-0.2, 0) is 6.42 Å². The quantitative estimate of drug-likeness (QED) is 0.694. The van der Waals surface area contributed by atoms with Crippen LogP contribution >= 0.6 is 11.3 Å². The molecule has 5 heteroatoms. The van der Waals surface area contributed by atoms with E-state index in [9.17, 15) is 4.79 Å². The molecular weight excluding hydrogens is 282 g/mol. The molecule has 0 N–H and O–H groups in total. The lowest BCUT2D eigenvalue weighted by atomic mass is 10.2. The van der Waals surface area contributed by atoms with Crippen LogP contribution in [0.2, 0.25) is 0 Å². The summed E-state index contributed by atoms with van der Waals surface area (Å²) in [5, 5.41) is 8.91. The number of thiophene rings is 1. The molecule has 0 saturated heterocycles.